The van der Waals surface area contributed by atoms with Gasteiger partial charge in [0.1, 0.15) is 12.7 Å². The molecule has 2 atom stereocenters. The molecule has 1 fully saturated rings. The van der Waals surface area contributed by atoms with Gasteiger partial charge in [-0.15, -0.1) is 0 Å². The first-order valence-corrected chi connectivity index (χ1v) is 7.06. The quantitative estimate of drug-likeness (QED) is 0.819. The summed E-state index contributed by atoms with van der Waals surface area (Å²) >= 11 is 0. The zero-order valence-electron chi connectivity index (χ0n) is 11.5. The van der Waals surface area contributed by atoms with Gasteiger partial charge in [0.25, 0.3) is 0 Å². The maximum absolute atomic E-state index is 12.1. The van der Waals surface area contributed by atoms with Gasteiger partial charge in [0, 0.05) is 32.1 Å². The molecule has 6 heteroatoms. The fourth-order valence-corrected chi connectivity index (χ4v) is 2.67. The van der Waals surface area contributed by atoms with E-state index in [0.717, 1.165) is 32.4 Å². The first-order chi connectivity index (χ1) is 9.20. The van der Waals surface area contributed by atoms with Crippen molar-refractivity contribution in [1.82, 2.24) is 19.7 Å². The van der Waals surface area contributed by atoms with Gasteiger partial charge < -0.3 is 10.6 Å². The molecule has 0 spiro atoms. The van der Waals surface area contributed by atoms with Crippen LogP contribution in [0.1, 0.15) is 32.6 Å². The normalized spacial score (nSPS) is 22.9. The highest BCUT2D eigenvalue weighted by molar-refractivity contribution is 5.76. The Bertz CT molecular complexity index is 392. The van der Waals surface area contributed by atoms with Crippen molar-refractivity contribution in [2.24, 2.45) is 11.7 Å². The molecule has 1 aromatic heterocycles. The van der Waals surface area contributed by atoms with Gasteiger partial charge in [0.15, 0.2) is 0 Å². The number of aromatic nitrogens is 3. The molecule has 19 heavy (non-hydrogen) atoms. The minimum absolute atomic E-state index is 0.152. The number of likely N-dealkylation sites (tertiary alicyclic amines) is 1. The molecule has 1 aliphatic rings. The molecule has 1 aromatic rings. The van der Waals surface area contributed by atoms with Crippen LogP contribution in [-0.4, -0.2) is 44.7 Å². The van der Waals surface area contributed by atoms with E-state index in [0.29, 0.717) is 18.9 Å². The molecule has 1 saturated heterocycles. The van der Waals surface area contributed by atoms with E-state index in [1.165, 1.54) is 6.33 Å². The first-order valence-electron chi connectivity index (χ1n) is 7.06. The summed E-state index contributed by atoms with van der Waals surface area (Å²) in [5, 5.41) is 4.02. The zero-order chi connectivity index (χ0) is 13.7. The lowest BCUT2D eigenvalue weighted by molar-refractivity contribution is -0.130. The van der Waals surface area contributed by atoms with Crippen LogP contribution < -0.4 is 5.73 Å². The van der Waals surface area contributed by atoms with Crippen LogP contribution in [0.3, 0.4) is 0 Å². The molecule has 1 amide bonds. The molecule has 0 bridgehead atoms. The van der Waals surface area contributed by atoms with E-state index in [4.69, 9.17) is 5.73 Å². The predicted molar refractivity (Wildman–Crippen MR) is 72.2 cm³/mol. The maximum Gasteiger partial charge on any atom is 0.222 e. The van der Waals surface area contributed by atoms with Gasteiger partial charge in [-0.1, -0.05) is 13.3 Å². The third-order valence-electron chi connectivity index (χ3n) is 3.75. The average Bonchev–Trinajstić information content (AvgIpc) is 3.01. The van der Waals surface area contributed by atoms with Crippen molar-refractivity contribution >= 4 is 5.91 Å². The van der Waals surface area contributed by atoms with Crippen molar-refractivity contribution in [1.29, 1.82) is 0 Å². The summed E-state index contributed by atoms with van der Waals surface area (Å²) in [5.41, 5.74) is 6.08. The molecule has 0 aliphatic carbocycles. The third kappa shape index (κ3) is 3.76. The number of hydrogen-bond donors (Lipinski definition) is 1. The molecular formula is C13H23N5O. The van der Waals surface area contributed by atoms with Crippen molar-refractivity contribution in [3.05, 3.63) is 12.7 Å². The number of hydrogen-bond acceptors (Lipinski definition) is 4. The molecular weight excluding hydrogens is 242 g/mol. The van der Waals surface area contributed by atoms with Gasteiger partial charge in [0.05, 0.1) is 0 Å². The summed E-state index contributed by atoms with van der Waals surface area (Å²) in [4.78, 5) is 17.9. The van der Waals surface area contributed by atoms with Gasteiger partial charge in [-0.25, -0.2) is 4.98 Å². The summed E-state index contributed by atoms with van der Waals surface area (Å²) in [5.74, 6) is 0.693. The Hall–Kier alpha value is -1.43. The van der Waals surface area contributed by atoms with E-state index in [1.54, 1.807) is 11.0 Å². The van der Waals surface area contributed by atoms with Gasteiger partial charge in [0.2, 0.25) is 5.91 Å². The second-order valence-electron chi connectivity index (χ2n) is 5.27. The van der Waals surface area contributed by atoms with E-state index < -0.39 is 0 Å². The molecule has 106 valence electrons. The monoisotopic (exact) mass is 265 g/mol. The molecule has 2 heterocycles. The second-order valence-corrected chi connectivity index (χ2v) is 5.27. The Morgan fingerprint density at radius 1 is 1.47 bits per heavy atom. The summed E-state index contributed by atoms with van der Waals surface area (Å²) in [6, 6.07) is 0.152. The van der Waals surface area contributed by atoms with Crippen molar-refractivity contribution < 1.29 is 4.79 Å². The molecule has 2 rings (SSSR count). The Kier molecular flexibility index (Phi) is 4.90. The molecule has 0 saturated carbocycles. The van der Waals surface area contributed by atoms with Gasteiger partial charge in [-0.05, 0) is 18.8 Å². The van der Waals surface area contributed by atoms with E-state index >= 15 is 0 Å². The topological polar surface area (TPSA) is 77.0 Å². The lowest BCUT2D eigenvalue weighted by Crippen LogP contribution is -2.32. The van der Waals surface area contributed by atoms with Crippen LogP contribution in [0, 0.1) is 5.92 Å². The number of carbonyl (C=O) groups is 1. The molecule has 0 radical (unpaired) electrons. The summed E-state index contributed by atoms with van der Waals surface area (Å²) in [6.45, 7) is 4.45. The van der Waals surface area contributed by atoms with Crippen LogP contribution in [0.2, 0.25) is 0 Å². The number of rotatable bonds is 6. The molecule has 0 unspecified atom stereocenters. The highest BCUT2D eigenvalue weighted by atomic mass is 16.2. The van der Waals surface area contributed by atoms with E-state index in [1.807, 2.05) is 4.90 Å². The van der Waals surface area contributed by atoms with E-state index in [2.05, 4.69) is 17.0 Å². The highest BCUT2D eigenvalue weighted by Gasteiger charge is 2.31. The minimum Gasteiger partial charge on any atom is -0.341 e. The Morgan fingerprint density at radius 3 is 3.00 bits per heavy atom. The smallest absolute Gasteiger partial charge is 0.222 e. The lowest BCUT2D eigenvalue weighted by Gasteiger charge is -2.16. The largest absolute Gasteiger partial charge is 0.341 e. The van der Waals surface area contributed by atoms with Crippen LogP contribution >= 0.6 is 0 Å². The van der Waals surface area contributed by atoms with Crippen molar-refractivity contribution in [3.8, 4) is 0 Å². The number of aryl methyl sites for hydroxylation is 1. The van der Waals surface area contributed by atoms with Gasteiger partial charge >= 0.3 is 0 Å². The van der Waals surface area contributed by atoms with Crippen molar-refractivity contribution in [2.75, 3.05) is 13.1 Å². The van der Waals surface area contributed by atoms with Crippen molar-refractivity contribution in [2.45, 2.75) is 45.2 Å². The van der Waals surface area contributed by atoms with E-state index in [9.17, 15) is 4.79 Å². The Labute approximate surface area is 114 Å². The summed E-state index contributed by atoms with van der Waals surface area (Å²) < 4.78 is 1.75. The average molecular weight is 265 g/mol. The summed E-state index contributed by atoms with van der Waals surface area (Å²) in [6.07, 6.45) is 6.79. The van der Waals surface area contributed by atoms with E-state index in [-0.39, 0.29) is 11.9 Å². The van der Waals surface area contributed by atoms with Crippen LogP contribution in [0.5, 0.6) is 0 Å². The number of nitrogens with zero attached hydrogens (tertiary/aromatic N) is 4. The zero-order valence-corrected chi connectivity index (χ0v) is 11.5. The molecule has 6 nitrogen and oxygen atoms in total. The Balaban J connectivity index is 1.72. The standard InChI is InChI=1S/C13H23N5O/c1-2-4-11-7-17(8-12(11)14)13(19)5-3-6-18-10-15-9-16-18/h9-12H,2-8,14H2,1H3/t11-,12-/m1/s1. The van der Waals surface area contributed by atoms with Crippen molar-refractivity contribution in [3.63, 3.8) is 0 Å². The fourth-order valence-electron chi connectivity index (χ4n) is 2.67. The SMILES string of the molecule is CCC[C@@H]1CN(C(=O)CCCn2cncn2)C[C@H]1N. The number of carbonyl (C=O) groups excluding carboxylic acids is 1. The molecule has 2 N–H and O–H groups in total. The lowest BCUT2D eigenvalue weighted by atomic mass is 9.99. The van der Waals surface area contributed by atoms with Gasteiger partial charge in [-0.3, -0.25) is 9.48 Å². The third-order valence-corrected chi connectivity index (χ3v) is 3.75. The maximum atomic E-state index is 12.1. The van der Waals surface area contributed by atoms with Crippen LogP contribution in [0.25, 0.3) is 0 Å². The van der Waals surface area contributed by atoms with Crippen LogP contribution in [0.15, 0.2) is 12.7 Å². The number of amides is 1. The fraction of sp³-hybridized carbons (Fsp3) is 0.769. The first kappa shape index (κ1) is 14.0. The van der Waals surface area contributed by atoms with Crippen LogP contribution in [0.4, 0.5) is 0 Å². The predicted octanol–water partition coefficient (Wildman–Crippen LogP) is 0.644. The summed E-state index contributed by atoms with van der Waals surface area (Å²) in [7, 11) is 0. The highest BCUT2D eigenvalue weighted by Crippen LogP contribution is 2.21. The van der Waals surface area contributed by atoms with Crippen LogP contribution in [-0.2, 0) is 11.3 Å². The molecule has 0 aromatic carbocycles. The van der Waals surface area contributed by atoms with Gasteiger partial charge in [-0.2, -0.15) is 5.10 Å². The minimum atomic E-state index is 0.152. The molecule has 1 aliphatic heterocycles. The Morgan fingerprint density at radius 2 is 2.32 bits per heavy atom. The number of nitrogens with two attached hydrogens (primary N) is 1. The second kappa shape index (κ2) is 6.65.